The van der Waals surface area contributed by atoms with Crippen molar-refractivity contribution >= 4 is 27.5 Å². The summed E-state index contributed by atoms with van der Waals surface area (Å²) in [4.78, 5) is 29.1. The first kappa shape index (κ1) is 23.4. The van der Waals surface area contributed by atoms with Gasteiger partial charge < -0.3 is 15.1 Å². The fraction of sp³-hybridized carbons (Fsp3) is 0.417. The van der Waals surface area contributed by atoms with E-state index < -0.39 is 10.0 Å². The summed E-state index contributed by atoms with van der Waals surface area (Å²) in [5, 5.41) is 2.83. The first-order chi connectivity index (χ1) is 15.8. The third-order valence-electron chi connectivity index (χ3n) is 6.41. The smallest absolute Gasteiger partial charge is 0.243 e. The van der Waals surface area contributed by atoms with Gasteiger partial charge in [-0.3, -0.25) is 9.59 Å². The minimum Gasteiger partial charge on any atom is -0.335 e. The number of nitrogens with zero attached hydrogens (tertiary/aromatic N) is 3. The van der Waals surface area contributed by atoms with Crippen LogP contribution in [0.15, 0.2) is 53.4 Å². The van der Waals surface area contributed by atoms with Crippen LogP contribution < -0.4 is 5.32 Å². The van der Waals surface area contributed by atoms with E-state index in [0.717, 1.165) is 17.5 Å². The Morgan fingerprint density at radius 1 is 1.00 bits per heavy atom. The van der Waals surface area contributed by atoms with Crippen molar-refractivity contribution in [2.45, 2.75) is 30.7 Å². The van der Waals surface area contributed by atoms with Crippen LogP contribution in [-0.4, -0.2) is 74.1 Å². The Kier molecular flexibility index (Phi) is 6.83. The summed E-state index contributed by atoms with van der Waals surface area (Å²) in [5.41, 5.74) is 2.56. The maximum absolute atomic E-state index is 13.1. The number of benzene rings is 2. The van der Waals surface area contributed by atoms with Gasteiger partial charge in [0.1, 0.15) is 0 Å². The highest BCUT2D eigenvalue weighted by molar-refractivity contribution is 7.89. The van der Waals surface area contributed by atoms with Crippen LogP contribution in [0.4, 0.5) is 5.69 Å². The second-order valence-corrected chi connectivity index (χ2v) is 10.6. The molecule has 33 heavy (non-hydrogen) atoms. The summed E-state index contributed by atoms with van der Waals surface area (Å²) in [7, 11) is -1.66. The van der Waals surface area contributed by atoms with E-state index in [2.05, 4.69) is 10.2 Å². The molecule has 0 radical (unpaired) electrons. The number of fused-ring (bicyclic) bond motifs is 1. The number of sulfonamides is 1. The largest absolute Gasteiger partial charge is 0.335 e. The van der Waals surface area contributed by atoms with Gasteiger partial charge in [0.05, 0.1) is 17.4 Å². The van der Waals surface area contributed by atoms with Crippen LogP contribution in [0, 0.1) is 0 Å². The van der Waals surface area contributed by atoms with Crippen LogP contribution in [0.1, 0.15) is 30.5 Å². The van der Waals surface area contributed by atoms with E-state index in [9.17, 15) is 18.0 Å². The van der Waals surface area contributed by atoms with Crippen LogP contribution in [0.5, 0.6) is 0 Å². The van der Waals surface area contributed by atoms with Crippen LogP contribution in [-0.2, 0) is 26.0 Å². The maximum atomic E-state index is 13.1. The highest BCUT2D eigenvalue weighted by atomic mass is 32.2. The van der Waals surface area contributed by atoms with Crippen LogP contribution in [0.2, 0.25) is 0 Å². The molecule has 0 aromatic heterocycles. The molecule has 0 aliphatic carbocycles. The molecule has 2 heterocycles. The molecule has 4 rings (SSSR count). The lowest BCUT2D eigenvalue weighted by molar-refractivity contribution is -0.132. The van der Waals surface area contributed by atoms with E-state index in [1.54, 1.807) is 23.1 Å². The molecule has 0 bridgehead atoms. The highest BCUT2D eigenvalue weighted by Gasteiger charge is 2.31. The molecule has 2 aliphatic rings. The average molecular weight is 471 g/mol. The summed E-state index contributed by atoms with van der Waals surface area (Å²) in [6.07, 6.45) is 0.867. The molecule has 0 saturated carbocycles. The molecule has 2 aromatic rings. The van der Waals surface area contributed by atoms with Gasteiger partial charge in [-0.2, -0.15) is 4.31 Å². The predicted octanol–water partition coefficient (Wildman–Crippen LogP) is 2.10. The third kappa shape index (κ3) is 5.10. The fourth-order valence-corrected chi connectivity index (χ4v) is 6.02. The standard InChI is InChI=1S/C24H30N4O4S/c1-18(29)28-11-10-19-6-3-4-9-22(19)23(28)17-24(30)25-20-7-5-8-21(16-20)33(31,32)27-14-12-26(2)13-15-27/h3-9,16,23H,10-15,17H2,1-2H3,(H,25,30). The first-order valence-electron chi connectivity index (χ1n) is 11.2. The number of anilines is 1. The molecule has 2 aliphatic heterocycles. The Hall–Kier alpha value is -2.75. The van der Waals surface area contributed by atoms with Crippen molar-refractivity contribution < 1.29 is 18.0 Å². The molecule has 176 valence electrons. The Bertz CT molecular complexity index is 1140. The number of amides is 2. The van der Waals surface area contributed by atoms with E-state index >= 15 is 0 Å². The molecular weight excluding hydrogens is 440 g/mol. The Morgan fingerprint density at radius 3 is 2.45 bits per heavy atom. The molecule has 1 fully saturated rings. The van der Waals surface area contributed by atoms with Crippen LogP contribution in [0.25, 0.3) is 0 Å². The zero-order valence-electron chi connectivity index (χ0n) is 19.0. The molecular formula is C24H30N4O4S. The van der Waals surface area contributed by atoms with Gasteiger partial charge in [0.2, 0.25) is 21.8 Å². The Balaban J connectivity index is 1.50. The van der Waals surface area contributed by atoms with Crippen molar-refractivity contribution in [1.82, 2.24) is 14.1 Å². The van der Waals surface area contributed by atoms with Gasteiger partial charge in [0, 0.05) is 45.3 Å². The topological polar surface area (TPSA) is 90.0 Å². The summed E-state index contributed by atoms with van der Waals surface area (Å²) < 4.78 is 27.6. The molecule has 1 atom stereocenters. The first-order valence-corrected chi connectivity index (χ1v) is 12.6. The summed E-state index contributed by atoms with van der Waals surface area (Å²) in [6.45, 7) is 4.35. The summed E-state index contributed by atoms with van der Waals surface area (Å²) in [6, 6.07) is 13.9. The Morgan fingerprint density at radius 2 is 1.73 bits per heavy atom. The zero-order valence-corrected chi connectivity index (χ0v) is 19.8. The van der Waals surface area contributed by atoms with Gasteiger partial charge in [-0.25, -0.2) is 8.42 Å². The summed E-state index contributed by atoms with van der Waals surface area (Å²) >= 11 is 0. The quantitative estimate of drug-likeness (QED) is 0.723. The second-order valence-electron chi connectivity index (χ2n) is 8.66. The zero-order chi connectivity index (χ0) is 23.6. The normalized spacial score (nSPS) is 19.7. The number of piperazine rings is 1. The average Bonchev–Trinajstić information content (AvgIpc) is 2.79. The van der Waals surface area contributed by atoms with E-state index in [4.69, 9.17) is 0 Å². The molecule has 9 heteroatoms. The predicted molar refractivity (Wildman–Crippen MR) is 126 cm³/mol. The van der Waals surface area contributed by atoms with Crippen LogP contribution in [0.3, 0.4) is 0 Å². The molecule has 8 nitrogen and oxygen atoms in total. The molecule has 2 aromatic carbocycles. The number of hydrogen-bond donors (Lipinski definition) is 1. The molecule has 1 unspecified atom stereocenters. The lowest BCUT2D eigenvalue weighted by Crippen LogP contribution is -2.47. The monoisotopic (exact) mass is 470 g/mol. The van der Waals surface area contributed by atoms with E-state index in [1.807, 2.05) is 31.3 Å². The molecule has 2 amide bonds. The molecule has 1 N–H and O–H groups in total. The number of rotatable bonds is 5. The number of carbonyl (C=O) groups is 2. The third-order valence-corrected chi connectivity index (χ3v) is 8.31. The maximum Gasteiger partial charge on any atom is 0.243 e. The Labute approximate surface area is 195 Å². The van der Waals surface area contributed by atoms with Gasteiger partial charge in [0.15, 0.2) is 0 Å². The SMILES string of the molecule is CC(=O)N1CCc2ccccc2C1CC(=O)Nc1cccc(S(=O)(=O)N2CCN(C)CC2)c1. The number of nitrogens with one attached hydrogen (secondary N) is 1. The van der Waals surface area contributed by atoms with Crippen molar-refractivity contribution in [2.24, 2.45) is 0 Å². The van der Waals surface area contributed by atoms with Crippen molar-refractivity contribution in [3.05, 3.63) is 59.7 Å². The number of hydrogen-bond acceptors (Lipinski definition) is 5. The van der Waals surface area contributed by atoms with E-state index in [0.29, 0.717) is 38.4 Å². The minimum absolute atomic E-state index is 0.0671. The minimum atomic E-state index is -3.63. The van der Waals surface area contributed by atoms with Crippen molar-refractivity contribution in [3.63, 3.8) is 0 Å². The van der Waals surface area contributed by atoms with E-state index in [1.165, 1.54) is 17.3 Å². The van der Waals surface area contributed by atoms with Gasteiger partial charge in [-0.1, -0.05) is 30.3 Å². The van der Waals surface area contributed by atoms with Crippen molar-refractivity contribution in [1.29, 1.82) is 0 Å². The van der Waals surface area contributed by atoms with E-state index in [-0.39, 0.29) is 29.2 Å². The van der Waals surface area contributed by atoms with Crippen molar-refractivity contribution in [2.75, 3.05) is 45.1 Å². The second kappa shape index (κ2) is 9.62. The molecule has 0 spiro atoms. The van der Waals surface area contributed by atoms with Gasteiger partial charge in [-0.15, -0.1) is 0 Å². The number of carbonyl (C=O) groups excluding carboxylic acids is 2. The van der Waals surface area contributed by atoms with Gasteiger partial charge in [-0.05, 0) is 42.8 Å². The van der Waals surface area contributed by atoms with Crippen molar-refractivity contribution in [3.8, 4) is 0 Å². The van der Waals surface area contributed by atoms with Gasteiger partial charge >= 0.3 is 0 Å². The lowest BCUT2D eigenvalue weighted by atomic mass is 9.90. The van der Waals surface area contributed by atoms with Crippen LogP contribution >= 0.6 is 0 Å². The molecule has 1 saturated heterocycles. The fourth-order valence-electron chi connectivity index (χ4n) is 4.55. The highest BCUT2D eigenvalue weighted by Crippen LogP contribution is 2.32. The summed E-state index contributed by atoms with van der Waals surface area (Å²) in [5.74, 6) is -0.334. The number of likely N-dealkylation sites (N-methyl/N-ethyl adjacent to an activating group) is 1. The lowest BCUT2D eigenvalue weighted by Gasteiger charge is -2.36. The van der Waals surface area contributed by atoms with Gasteiger partial charge in [0.25, 0.3) is 0 Å².